The summed E-state index contributed by atoms with van der Waals surface area (Å²) in [6.45, 7) is 2.13. The van der Waals surface area contributed by atoms with Gasteiger partial charge < -0.3 is 15.1 Å². The van der Waals surface area contributed by atoms with Crippen molar-refractivity contribution >= 4 is 22.4 Å². The molecule has 0 aliphatic carbocycles. The molecule has 3 heterocycles. The number of carbonyl (C=O) groups is 1. The molecule has 170 valence electrons. The minimum atomic E-state index is 0.142. The van der Waals surface area contributed by atoms with Crippen molar-refractivity contribution in [2.45, 2.75) is 18.9 Å². The van der Waals surface area contributed by atoms with E-state index in [1.807, 2.05) is 71.7 Å². The molecule has 3 aromatic rings. The first kappa shape index (κ1) is 21.7. The minimum absolute atomic E-state index is 0.142. The van der Waals surface area contributed by atoms with Crippen LogP contribution in [-0.2, 0) is 4.79 Å². The molecule has 1 amide bonds. The SMILES string of the molecule is CN1C=CC=C(C(=O)N2CCC(Nc3cc(-c4cccc(C#N)c4)cc4ccncc34)CC2)C1. The number of pyridine rings is 1. The van der Waals surface area contributed by atoms with Crippen LogP contribution in [0, 0.1) is 11.3 Å². The third-order valence-electron chi connectivity index (χ3n) is 6.56. The summed E-state index contributed by atoms with van der Waals surface area (Å²) in [4.78, 5) is 21.3. The first-order valence-electron chi connectivity index (χ1n) is 11.6. The van der Waals surface area contributed by atoms with Gasteiger partial charge in [-0.1, -0.05) is 18.2 Å². The number of nitrogens with one attached hydrogen (secondary N) is 1. The number of anilines is 1. The van der Waals surface area contributed by atoms with E-state index in [-0.39, 0.29) is 11.9 Å². The largest absolute Gasteiger partial charge is 0.382 e. The lowest BCUT2D eigenvalue weighted by Crippen LogP contribution is -2.44. The van der Waals surface area contributed by atoms with Crippen molar-refractivity contribution in [2.24, 2.45) is 0 Å². The van der Waals surface area contributed by atoms with Crippen LogP contribution in [0.1, 0.15) is 18.4 Å². The Morgan fingerprint density at radius 2 is 2.00 bits per heavy atom. The molecule has 1 fully saturated rings. The summed E-state index contributed by atoms with van der Waals surface area (Å²) in [6, 6.07) is 16.5. The van der Waals surface area contributed by atoms with Crippen LogP contribution in [0.3, 0.4) is 0 Å². The smallest absolute Gasteiger partial charge is 0.251 e. The lowest BCUT2D eigenvalue weighted by atomic mass is 9.98. The van der Waals surface area contributed by atoms with Crippen molar-refractivity contribution in [1.82, 2.24) is 14.8 Å². The van der Waals surface area contributed by atoms with Crippen molar-refractivity contribution in [3.8, 4) is 17.2 Å². The van der Waals surface area contributed by atoms with Crippen LogP contribution in [0.2, 0.25) is 0 Å². The summed E-state index contributed by atoms with van der Waals surface area (Å²) in [6.07, 6.45) is 11.3. The van der Waals surface area contributed by atoms with Crippen LogP contribution >= 0.6 is 0 Å². The van der Waals surface area contributed by atoms with Crippen LogP contribution in [0.25, 0.3) is 21.9 Å². The molecular formula is C28H27N5O. The topological polar surface area (TPSA) is 72.3 Å². The standard InChI is InChI=1S/C28H27N5O/c1-32-11-3-6-23(19-32)28(34)33-12-8-25(9-13-33)31-27-16-24(15-22-7-10-30-18-26(22)27)21-5-2-4-20(14-21)17-29/h2-7,10-11,14-16,18,25,31H,8-9,12-13,19H2,1H3. The van der Waals surface area contributed by atoms with E-state index < -0.39 is 0 Å². The lowest BCUT2D eigenvalue weighted by molar-refractivity contribution is -0.128. The second-order valence-corrected chi connectivity index (χ2v) is 8.97. The molecule has 2 aliphatic rings. The van der Waals surface area contributed by atoms with Crippen molar-refractivity contribution in [3.05, 3.63) is 84.3 Å². The highest BCUT2D eigenvalue weighted by Crippen LogP contribution is 2.32. The summed E-state index contributed by atoms with van der Waals surface area (Å²) in [7, 11) is 1.98. The highest BCUT2D eigenvalue weighted by atomic mass is 16.2. The number of likely N-dealkylation sites (N-methyl/N-ethyl adjacent to an activating group) is 1. The van der Waals surface area contributed by atoms with E-state index in [0.717, 1.165) is 59.1 Å². The maximum Gasteiger partial charge on any atom is 0.251 e. The number of rotatable bonds is 4. The molecule has 6 nitrogen and oxygen atoms in total. The molecule has 0 unspecified atom stereocenters. The fourth-order valence-electron chi connectivity index (χ4n) is 4.72. The zero-order valence-corrected chi connectivity index (χ0v) is 19.2. The highest BCUT2D eigenvalue weighted by Gasteiger charge is 2.26. The van der Waals surface area contributed by atoms with Gasteiger partial charge in [0, 0.05) is 61.8 Å². The number of allylic oxidation sites excluding steroid dienone is 2. The van der Waals surface area contributed by atoms with Gasteiger partial charge in [0.1, 0.15) is 0 Å². The molecule has 2 aliphatic heterocycles. The molecule has 0 radical (unpaired) electrons. The van der Waals surface area contributed by atoms with Gasteiger partial charge in [0.15, 0.2) is 0 Å². The summed E-state index contributed by atoms with van der Waals surface area (Å²) < 4.78 is 0. The number of hydrogen-bond acceptors (Lipinski definition) is 5. The van der Waals surface area contributed by atoms with Crippen molar-refractivity contribution in [3.63, 3.8) is 0 Å². The van der Waals surface area contributed by atoms with Gasteiger partial charge in [-0.2, -0.15) is 5.26 Å². The van der Waals surface area contributed by atoms with E-state index >= 15 is 0 Å². The lowest BCUT2D eigenvalue weighted by Gasteiger charge is -2.34. The number of aromatic nitrogens is 1. The van der Waals surface area contributed by atoms with Crippen molar-refractivity contribution < 1.29 is 4.79 Å². The van der Waals surface area contributed by atoms with Crippen molar-refractivity contribution in [2.75, 3.05) is 32.0 Å². The number of amides is 1. The average molecular weight is 450 g/mol. The monoisotopic (exact) mass is 449 g/mol. The summed E-state index contributed by atoms with van der Waals surface area (Å²) in [5.41, 5.74) is 4.61. The molecule has 0 bridgehead atoms. The van der Waals surface area contributed by atoms with Gasteiger partial charge in [0.2, 0.25) is 0 Å². The van der Waals surface area contributed by atoms with E-state index in [1.54, 1.807) is 6.20 Å². The van der Waals surface area contributed by atoms with Crippen LogP contribution in [0.4, 0.5) is 5.69 Å². The molecule has 6 heteroatoms. The van der Waals surface area contributed by atoms with Crippen LogP contribution in [0.15, 0.2) is 78.8 Å². The van der Waals surface area contributed by atoms with E-state index in [2.05, 4.69) is 28.5 Å². The molecule has 5 rings (SSSR count). The molecule has 2 aromatic carbocycles. The maximum atomic E-state index is 12.9. The fraction of sp³-hybridized carbons (Fsp3) is 0.250. The number of carbonyl (C=O) groups excluding carboxylic acids is 1. The van der Waals surface area contributed by atoms with E-state index in [0.29, 0.717) is 12.1 Å². The normalized spacial score (nSPS) is 16.3. The van der Waals surface area contributed by atoms with Crippen LogP contribution < -0.4 is 5.32 Å². The fourth-order valence-corrected chi connectivity index (χ4v) is 4.72. The van der Waals surface area contributed by atoms with Gasteiger partial charge in [-0.05, 0) is 72.0 Å². The van der Waals surface area contributed by atoms with Crippen LogP contribution in [-0.4, -0.2) is 53.4 Å². The molecule has 0 saturated carbocycles. The molecular weight excluding hydrogens is 422 g/mol. The van der Waals surface area contributed by atoms with Crippen LogP contribution in [0.5, 0.6) is 0 Å². The molecule has 0 spiro atoms. The van der Waals surface area contributed by atoms with Gasteiger partial charge in [-0.15, -0.1) is 0 Å². The predicted molar refractivity (Wildman–Crippen MR) is 135 cm³/mol. The van der Waals surface area contributed by atoms with Gasteiger partial charge in [-0.3, -0.25) is 9.78 Å². The molecule has 1 aromatic heterocycles. The first-order chi connectivity index (χ1) is 16.6. The second kappa shape index (κ2) is 9.40. The summed E-state index contributed by atoms with van der Waals surface area (Å²) in [5, 5.41) is 15.2. The van der Waals surface area contributed by atoms with E-state index in [9.17, 15) is 10.1 Å². The Labute approximate surface area is 199 Å². The number of piperidine rings is 1. The molecule has 1 N–H and O–H groups in total. The first-order valence-corrected chi connectivity index (χ1v) is 11.6. The Hall–Kier alpha value is -4.11. The Morgan fingerprint density at radius 3 is 2.79 bits per heavy atom. The molecule has 1 saturated heterocycles. The number of benzene rings is 2. The third-order valence-corrected chi connectivity index (χ3v) is 6.56. The van der Waals surface area contributed by atoms with Gasteiger partial charge in [0.25, 0.3) is 5.91 Å². The van der Waals surface area contributed by atoms with E-state index in [1.165, 1.54) is 0 Å². The zero-order chi connectivity index (χ0) is 23.5. The van der Waals surface area contributed by atoms with Gasteiger partial charge in [-0.25, -0.2) is 0 Å². The van der Waals surface area contributed by atoms with Crippen molar-refractivity contribution in [1.29, 1.82) is 5.26 Å². The number of hydrogen-bond donors (Lipinski definition) is 1. The Morgan fingerprint density at radius 1 is 1.15 bits per heavy atom. The summed E-state index contributed by atoms with van der Waals surface area (Å²) in [5.74, 6) is 0.142. The second-order valence-electron chi connectivity index (χ2n) is 8.97. The highest BCUT2D eigenvalue weighted by molar-refractivity contribution is 5.97. The predicted octanol–water partition coefficient (Wildman–Crippen LogP) is 4.56. The number of nitriles is 1. The third kappa shape index (κ3) is 4.51. The number of fused-ring (bicyclic) bond motifs is 1. The number of nitrogens with zero attached hydrogens (tertiary/aromatic N) is 4. The number of likely N-dealkylation sites (tertiary alicyclic amines) is 1. The quantitative estimate of drug-likeness (QED) is 0.632. The molecule has 34 heavy (non-hydrogen) atoms. The minimum Gasteiger partial charge on any atom is -0.382 e. The maximum absolute atomic E-state index is 12.9. The van der Waals surface area contributed by atoms with Gasteiger partial charge >= 0.3 is 0 Å². The van der Waals surface area contributed by atoms with Gasteiger partial charge in [0.05, 0.1) is 11.6 Å². The molecule has 0 atom stereocenters. The Kier molecular flexibility index (Phi) is 6.01. The van der Waals surface area contributed by atoms with E-state index in [4.69, 9.17) is 0 Å². The average Bonchev–Trinajstić information content (AvgIpc) is 2.88. The Balaban J connectivity index is 1.34. The Bertz CT molecular complexity index is 1330. The summed E-state index contributed by atoms with van der Waals surface area (Å²) >= 11 is 0. The zero-order valence-electron chi connectivity index (χ0n) is 19.2.